The van der Waals surface area contributed by atoms with Gasteiger partial charge in [-0.15, -0.1) is 0 Å². The summed E-state index contributed by atoms with van der Waals surface area (Å²) >= 11 is 5.92. The molecule has 1 N–H and O–H groups in total. The number of benzene rings is 2. The molecule has 0 aliphatic carbocycles. The summed E-state index contributed by atoms with van der Waals surface area (Å²) in [6.45, 7) is 0. The molecule has 0 aliphatic rings. The summed E-state index contributed by atoms with van der Waals surface area (Å²) in [5.41, 5.74) is 1.17. The molecule has 0 atom stereocenters. The van der Waals surface area contributed by atoms with Crippen molar-refractivity contribution in [2.75, 3.05) is 7.11 Å². The molecule has 2 aromatic rings. The summed E-state index contributed by atoms with van der Waals surface area (Å²) in [6, 6.07) is 12.2. The highest BCUT2D eigenvalue weighted by molar-refractivity contribution is 6.30. The van der Waals surface area contributed by atoms with Gasteiger partial charge in [0.1, 0.15) is 11.6 Å². The Hall–Kier alpha value is -2.33. The number of ether oxygens (including phenoxy) is 1. The molecule has 5 heteroatoms. The number of rotatable bonds is 4. The molecule has 2 rings (SSSR count). The lowest BCUT2D eigenvalue weighted by atomic mass is 10.0. The second-order valence-electron chi connectivity index (χ2n) is 4.63. The van der Waals surface area contributed by atoms with Crippen LogP contribution in [0.2, 0.25) is 5.02 Å². The van der Waals surface area contributed by atoms with E-state index >= 15 is 0 Å². The Morgan fingerprint density at radius 2 is 1.91 bits per heavy atom. The van der Waals surface area contributed by atoms with Gasteiger partial charge >= 0.3 is 5.97 Å². The Kier molecular flexibility index (Phi) is 5.17. The maximum absolute atomic E-state index is 13.0. The maximum atomic E-state index is 13.0. The maximum Gasteiger partial charge on any atom is 0.337 e. The van der Waals surface area contributed by atoms with Gasteiger partial charge in [0.25, 0.3) is 0 Å². The normalized spacial score (nSPS) is 11.8. The number of halogens is 2. The van der Waals surface area contributed by atoms with Gasteiger partial charge in [-0.1, -0.05) is 23.7 Å². The second kappa shape index (κ2) is 7.09. The number of carbonyl (C=O) groups excluding carboxylic acids is 1. The highest BCUT2D eigenvalue weighted by Gasteiger charge is 2.18. The lowest BCUT2D eigenvalue weighted by Gasteiger charge is -2.10. The smallest absolute Gasteiger partial charge is 0.337 e. The van der Waals surface area contributed by atoms with E-state index in [-0.39, 0.29) is 17.8 Å². The van der Waals surface area contributed by atoms with Crippen molar-refractivity contribution in [2.45, 2.75) is 6.42 Å². The average Bonchev–Trinajstić information content (AvgIpc) is 2.52. The third-order valence-corrected chi connectivity index (χ3v) is 3.34. The summed E-state index contributed by atoms with van der Waals surface area (Å²) < 4.78 is 17.7. The molecule has 114 valence electrons. The molecule has 0 unspecified atom stereocenters. The van der Waals surface area contributed by atoms with E-state index < -0.39 is 11.8 Å². The van der Waals surface area contributed by atoms with Gasteiger partial charge in [-0.25, -0.2) is 9.18 Å². The molecular weight excluding hydrogens is 307 g/mol. The largest absolute Gasteiger partial charge is 0.507 e. The monoisotopic (exact) mass is 320 g/mol. The molecule has 0 fully saturated rings. The topological polar surface area (TPSA) is 46.5 Å². The number of esters is 1. The van der Waals surface area contributed by atoms with E-state index in [1.165, 1.54) is 31.4 Å². The highest BCUT2D eigenvalue weighted by Crippen LogP contribution is 2.22. The molecule has 2 aromatic carbocycles. The van der Waals surface area contributed by atoms with Crippen molar-refractivity contribution in [3.8, 4) is 0 Å². The molecule has 0 saturated carbocycles. The predicted octanol–water partition coefficient (Wildman–Crippen LogP) is 4.16. The van der Waals surface area contributed by atoms with Crippen LogP contribution >= 0.6 is 11.6 Å². The quantitative estimate of drug-likeness (QED) is 0.522. The summed E-state index contributed by atoms with van der Waals surface area (Å²) in [6.07, 6.45) is 0.149. The lowest BCUT2D eigenvalue weighted by Crippen LogP contribution is -2.10. The molecule has 3 nitrogen and oxygen atoms in total. The van der Waals surface area contributed by atoms with Crippen molar-refractivity contribution in [2.24, 2.45) is 0 Å². The van der Waals surface area contributed by atoms with Gasteiger partial charge in [0.05, 0.1) is 12.7 Å². The van der Waals surface area contributed by atoms with Crippen molar-refractivity contribution in [3.63, 3.8) is 0 Å². The van der Waals surface area contributed by atoms with Crippen molar-refractivity contribution >= 4 is 23.3 Å². The minimum absolute atomic E-state index is 0.0800. The first-order valence-electron chi connectivity index (χ1n) is 6.52. The van der Waals surface area contributed by atoms with Gasteiger partial charge in [0.2, 0.25) is 0 Å². The third kappa shape index (κ3) is 3.86. The van der Waals surface area contributed by atoms with Crippen LogP contribution in [0.4, 0.5) is 4.39 Å². The predicted molar refractivity (Wildman–Crippen MR) is 83.1 cm³/mol. The third-order valence-electron chi connectivity index (χ3n) is 3.11. The molecule has 0 amide bonds. The summed E-state index contributed by atoms with van der Waals surface area (Å²) in [5.74, 6) is -1.32. The Balaban J connectivity index is 2.42. The van der Waals surface area contributed by atoms with Crippen molar-refractivity contribution < 1.29 is 19.0 Å². The highest BCUT2D eigenvalue weighted by atomic mass is 35.5. The molecule has 0 heterocycles. The lowest BCUT2D eigenvalue weighted by molar-refractivity contribution is -0.136. The molecule has 0 aliphatic heterocycles. The van der Waals surface area contributed by atoms with Crippen LogP contribution < -0.4 is 0 Å². The first kappa shape index (κ1) is 16.0. The van der Waals surface area contributed by atoms with Gasteiger partial charge in [-0.05, 0) is 42.0 Å². The number of aliphatic hydroxyl groups excluding tert-OH is 1. The molecule has 0 radical (unpaired) electrons. The van der Waals surface area contributed by atoms with Gasteiger partial charge in [0, 0.05) is 17.0 Å². The fraction of sp³-hybridized carbons (Fsp3) is 0.118. The summed E-state index contributed by atoms with van der Waals surface area (Å²) in [7, 11) is 1.23. The molecule has 0 spiro atoms. The molecule has 0 bridgehead atoms. The van der Waals surface area contributed by atoms with Crippen LogP contribution in [0.15, 0.2) is 54.1 Å². The Morgan fingerprint density at radius 3 is 2.50 bits per heavy atom. The standard InChI is InChI=1S/C17H14ClFO3/c1-22-17(21)15(10-11-3-2-4-13(18)9-11)16(20)12-5-7-14(19)8-6-12/h2-9,20H,10H2,1H3/b16-15-. The minimum Gasteiger partial charge on any atom is -0.507 e. The number of hydrogen-bond acceptors (Lipinski definition) is 3. The van der Waals surface area contributed by atoms with Crippen LogP contribution in [0.25, 0.3) is 5.76 Å². The zero-order valence-electron chi connectivity index (χ0n) is 11.8. The van der Waals surface area contributed by atoms with E-state index in [1.54, 1.807) is 24.3 Å². The van der Waals surface area contributed by atoms with Gasteiger partial charge in [0.15, 0.2) is 0 Å². The van der Waals surface area contributed by atoms with Crippen LogP contribution in [-0.2, 0) is 16.0 Å². The average molecular weight is 321 g/mol. The molecular formula is C17H14ClFO3. The summed E-state index contributed by atoms with van der Waals surface area (Å²) in [5, 5.41) is 10.9. The fourth-order valence-corrected chi connectivity index (χ4v) is 2.22. The first-order valence-corrected chi connectivity index (χ1v) is 6.90. The zero-order chi connectivity index (χ0) is 16.1. The Morgan fingerprint density at radius 1 is 1.23 bits per heavy atom. The summed E-state index contributed by atoms with van der Waals surface area (Å²) in [4.78, 5) is 11.9. The number of hydrogen-bond donors (Lipinski definition) is 1. The Labute approximate surface area is 132 Å². The van der Waals surface area contributed by atoms with E-state index in [9.17, 15) is 14.3 Å². The van der Waals surface area contributed by atoms with E-state index in [0.717, 1.165) is 5.56 Å². The van der Waals surface area contributed by atoms with Crippen LogP contribution in [0.5, 0.6) is 0 Å². The number of aliphatic hydroxyl groups is 1. The van der Waals surface area contributed by atoms with Gasteiger partial charge < -0.3 is 9.84 Å². The van der Waals surface area contributed by atoms with Crippen LogP contribution in [0, 0.1) is 5.82 Å². The van der Waals surface area contributed by atoms with Crippen molar-refractivity contribution in [3.05, 3.63) is 76.1 Å². The first-order chi connectivity index (χ1) is 10.5. The Bertz CT molecular complexity index is 708. The van der Waals surface area contributed by atoms with E-state index in [0.29, 0.717) is 10.6 Å². The van der Waals surface area contributed by atoms with Gasteiger partial charge in [-0.3, -0.25) is 0 Å². The van der Waals surface area contributed by atoms with Crippen LogP contribution in [0.1, 0.15) is 11.1 Å². The van der Waals surface area contributed by atoms with Crippen molar-refractivity contribution in [1.29, 1.82) is 0 Å². The van der Waals surface area contributed by atoms with E-state index in [1.807, 2.05) is 0 Å². The van der Waals surface area contributed by atoms with Crippen LogP contribution in [-0.4, -0.2) is 18.2 Å². The molecule has 22 heavy (non-hydrogen) atoms. The van der Waals surface area contributed by atoms with E-state index in [2.05, 4.69) is 0 Å². The number of carbonyl (C=O) groups is 1. The van der Waals surface area contributed by atoms with Crippen molar-refractivity contribution in [1.82, 2.24) is 0 Å². The minimum atomic E-state index is -0.651. The van der Waals surface area contributed by atoms with Gasteiger partial charge in [-0.2, -0.15) is 0 Å². The van der Waals surface area contributed by atoms with E-state index in [4.69, 9.17) is 16.3 Å². The zero-order valence-corrected chi connectivity index (χ0v) is 12.6. The molecule has 0 saturated heterocycles. The SMILES string of the molecule is COC(=O)/C(Cc1cccc(Cl)c1)=C(\O)c1ccc(F)cc1. The number of methoxy groups -OCH3 is 1. The molecule has 0 aromatic heterocycles. The van der Waals surface area contributed by atoms with Crippen LogP contribution in [0.3, 0.4) is 0 Å². The fourth-order valence-electron chi connectivity index (χ4n) is 2.01. The second-order valence-corrected chi connectivity index (χ2v) is 5.07.